The van der Waals surface area contributed by atoms with Crippen LogP contribution in [-0.4, -0.2) is 23.9 Å². The molecule has 0 aliphatic carbocycles. The molecule has 0 aromatic rings. The number of hydrogen-bond donors (Lipinski definition) is 0. The summed E-state index contributed by atoms with van der Waals surface area (Å²) in [5.41, 5.74) is 0.0394. The maximum atomic E-state index is 11.8. The SMILES string of the molecule is C#CCN(CCC)C(=O)CC(C)(C)C. The van der Waals surface area contributed by atoms with Crippen molar-refractivity contribution in [3.05, 3.63) is 0 Å². The first-order chi connectivity index (χ1) is 6.40. The lowest BCUT2D eigenvalue weighted by Gasteiger charge is -2.24. The first-order valence-corrected chi connectivity index (χ1v) is 5.12. The molecule has 0 bridgehead atoms. The molecule has 1 amide bonds. The maximum absolute atomic E-state index is 11.8. The molecule has 0 saturated heterocycles. The molecule has 0 atom stereocenters. The minimum Gasteiger partial charge on any atom is -0.332 e. The molecule has 0 saturated carbocycles. The van der Waals surface area contributed by atoms with Crippen LogP contribution < -0.4 is 0 Å². The van der Waals surface area contributed by atoms with E-state index in [2.05, 4.69) is 26.7 Å². The Morgan fingerprint density at radius 2 is 2.00 bits per heavy atom. The van der Waals surface area contributed by atoms with Gasteiger partial charge in [0.05, 0.1) is 6.54 Å². The van der Waals surface area contributed by atoms with Gasteiger partial charge in [0.25, 0.3) is 0 Å². The fourth-order valence-electron chi connectivity index (χ4n) is 1.24. The van der Waals surface area contributed by atoms with E-state index in [1.54, 1.807) is 4.90 Å². The molecular formula is C12H21NO. The Kier molecular flexibility index (Phi) is 5.30. The number of carbonyl (C=O) groups is 1. The van der Waals surface area contributed by atoms with Crippen molar-refractivity contribution in [2.24, 2.45) is 5.41 Å². The van der Waals surface area contributed by atoms with Crippen LogP contribution in [0.1, 0.15) is 40.5 Å². The molecule has 0 N–H and O–H groups in total. The minimum atomic E-state index is 0.0394. The van der Waals surface area contributed by atoms with Crippen molar-refractivity contribution in [1.29, 1.82) is 0 Å². The van der Waals surface area contributed by atoms with Crippen molar-refractivity contribution >= 4 is 5.91 Å². The molecule has 0 aliphatic rings. The summed E-state index contributed by atoms with van der Waals surface area (Å²) < 4.78 is 0. The van der Waals surface area contributed by atoms with E-state index in [0.29, 0.717) is 13.0 Å². The van der Waals surface area contributed by atoms with Crippen LogP contribution in [0.15, 0.2) is 0 Å². The van der Waals surface area contributed by atoms with Gasteiger partial charge in [-0.05, 0) is 11.8 Å². The smallest absolute Gasteiger partial charge is 0.223 e. The Hall–Kier alpha value is -0.970. The van der Waals surface area contributed by atoms with Crippen LogP contribution in [-0.2, 0) is 4.79 Å². The second-order valence-corrected chi connectivity index (χ2v) is 4.76. The topological polar surface area (TPSA) is 20.3 Å². The Morgan fingerprint density at radius 3 is 2.36 bits per heavy atom. The number of terminal acetylenes is 1. The average molecular weight is 195 g/mol. The van der Waals surface area contributed by atoms with E-state index in [4.69, 9.17) is 6.42 Å². The monoisotopic (exact) mass is 195 g/mol. The summed E-state index contributed by atoms with van der Waals surface area (Å²) in [4.78, 5) is 13.5. The molecule has 0 aliphatic heterocycles. The van der Waals surface area contributed by atoms with Gasteiger partial charge in [-0.3, -0.25) is 4.79 Å². The molecule has 0 radical (unpaired) electrons. The van der Waals surface area contributed by atoms with E-state index in [-0.39, 0.29) is 11.3 Å². The zero-order chi connectivity index (χ0) is 11.2. The average Bonchev–Trinajstić information content (AvgIpc) is 2.01. The van der Waals surface area contributed by atoms with Crippen LogP contribution in [0.25, 0.3) is 0 Å². The summed E-state index contributed by atoms with van der Waals surface area (Å²) in [7, 11) is 0. The third-order valence-electron chi connectivity index (χ3n) is 1.81. The van der Waals surface area contributed by atoms with Crippen molar-refractivity contribution in [1.82, 2.24) is 4.90 Å². The van der Waals surface area contributed by atoms with Crippen molar-refractivity contribution in [3.8, 4) is 12.3 Å². The van der Waals surface area contributed by atoms with Crippen LogP contribution in [0.4, 0.5) is 0 Å². The molecule has 0 rings (SSSR count). The van der Waals surface area contributed by atoms with Crippen molar-refractivity contribution < 1.29 is 4.79 Å². The van der Waals surface area contributed by atoms with Gasteiger partial charge in [-0.15, -0.1) is 6.42 Å². The number of amides is 1. The first kappa shape index (κ1) is 13.0. The summed E-state index contributed by atoms with van der Waals surface area (Å²) in [6, 6.07) is 0. The summed E-state index contributed by atoms with van der Waals surface area (Å²) in [5.74, 6) is 2.69. The lowest BCUT2D eigenvalue weighted by Crippen LogP contribution is -2.34. The number of rotatable bonds is 4. The standard InChI is InChI=1S/C12H21NO/c1-6-8-13(9-7-2)11(14)10-12(3,4)5/h1H,7-10H2,2-5H3. The second kappa shape index (κ2) is 5.70. The van der Waals surface area contributed by atoms with E-state index in [0.717, 1.165) is 13.0 Å². The Balaban J connectivity index is 4.23. The fraction of sp³-hybridized carbons (Fsp3) is 0.750. The van der Waals surface area contributed by atoms with Crippen molar-refractivity contribution in [2.45, 2.75) is 40.5 Å². The molecule has 0 fully saturated rings. The van der Waals surface area contributed by atoms with Gasteiger partial charge in [-0.25, -0.2) is 0 Å². The highest BCUT2D eigenvalue weighted by atomic mass is 16.2. The highest BCUT2D eigenvalue weighted by Gasteiger charge is 2.19. The Morgan fingerprint density at radius 1 is 1.43 bits per heavy atom. The molecule has 0 spiro atoms. The quantitative estimate of drug-likeness (QED) is 0.630. The fourth-order valence-corrected chi connectivity index (χ4v) is 1.24. The largest absolute Gasteiger partial charge is 0.332 e. The predicted octanol–water partition coefficient (Wildman–Crippen LogP) is 2.29. The van der Waals surface area contributed by atoms with Gasteiger partial charge in [0.1, 0.15) is 0 Å². The summed E-state index contributed by atoms with van der Waals surface area (Å²) in [6.45, 7) is 9.43. The van der Waals surface area contributed by atoms with Gasteiger partial charge in [0.2, 0.25) is 5.91 Å². The first-order valence-electron chi connectivity index (χ1n) is 5.12. The molecule has 0 unspecified atom stereocenters. The second-order valence-electron chi connectivity index (χ2n) is 4.76. The highest BCUT2D eigenvalue weighted by Crippen LogP contribution is 2.19. The van der Waals surface area contributed by atoms with Gasteiger partial charge in [0, 0.05) is 13.0 Å². The van der Waals surface area contributed by atoms with Crippen molar-refractivity contribution in [2.75, 3.05) is 13.1 Å². The van der Waals surface area contributed by atoms with Gasteiger partial charge in [-0.1, -0.05) is 33.6 Å². The van der Waals surface area contributed by atoms with Gasteiger partial charge >= 0.3 is 0 Å². The Labute approximate surface area is 87.7 Å². The zero-order valence-corrected chi connectivity index (χ0v) is 9.76. The van der Waals surface area contributed by atoms with E-state index >= 15 is 0 Å². The molecule has 0 aromatic carbocycles. The zero-order valence-electron chi connectivity index (χ0n) is 9.76. The van der Waals surface area contributed by atoms with Crippen LogP contribution in [0.5, 0.6) is 0 Å². The van der Waals surface area contributed by atoms with Gasteiger partial charge < -0.3 is 4.90 Å². The lowest BCUT2D eigenvalue weighted by atomic mass is 9.91. The van der Waals surface area contributed by atoms with Gasteiger partial charge in [-0.2, -0.15) is 0 Å². The van der Waals surface area contributed by atoms with Crippen LogP contribution in [0.3, 0.4) is 0 Å². The summed E-state index contributed by atoms with van der Waals surface area (Å²) in [6.07, 6.45) is 6.74. The Bertz CT molecular complexity index is 219. The van der Waals surface area contributed by atoms with E-state index < -0.39 is 0 Å². The van der Waals surface area contributed by atoms with Crippen LogP contribution >= 0.6 is 0 Å². The minimum absolute atomic E-state index is 0.0394. The molecule has 2 nitrogen and oxygen atoms in total. The third kappa shape index (κ3) is 5.64. The summed E-state index contributed by atoms with van der Waals surface area (Å²) >= 11 is 0. The third-order valence-corrected chi connectivity index (χ3v) is 1.81. The summed E-state index contributed by atoms with van der Waals surface area (Å²) in [5, 5.41) is 0. The lowest BCUT2D eigenvalue weighted by molar-refractivity contribution is -0.132. The molecular weight excluding hydrogens is 174 g/mol. The van der Waals surface area contributed by atoms with E-state index in [9.17, 15) is 4.79 Å². The molecule has 2 heteroatoms. The molecule has 0 heterocycles. The van der Waals surface area contributed by atoms with Crippen LogP contribution in [0, 0.1) is 17.8 Å². The van der Waals surface area contributed by atoms with Gasteiger partial charge in [0.15, 0.2) is 0 Å². The highest BCUT2D eigenvalue weighted by molar-refractivity contribution is 5.77. The predicted molar refractivity (Wildman–Crippen MR) is 59.8 cm³/mol. The number of hydrogen-bond acceptors (Lipinski definition) is 1. The maximum Gasteiger partial charge on any atom is 0.223 e. The van der Waals surface area contributed by atoms with E-state index in [1.807, 2.05) is 6.92 Å². The molecule has 0 aromatic heterocycles. The molecule has 80 valence electrons. The van der Waals surface area contributed by atoms with Crippen molar-refractivity contribution in [3.63, 3.8) is 0 Å². The molecule has 14 heavy (non-hydrogen) atoms. The van der Waals surface area contributed by atoms with E-state index in [1.165, 1.54) is 0 Å². The number of nitrogens with zero attached hydrogens (tertiary/aromatic N) is 1. The number of carbonyl (C=O) groups excluding carboxylic acids is 1. The van der Waals surface area contributed by atoms with Crippen LogP contribution in [0.2, 0.25) is 0 Å². The normalized spacial score (nSPS) is 10.8.